The summed E-state index contributed by atoms with van der Waals surface area (Å²) in [6.07, 6.45) is -5.15. The van der Waals surface area contributed by atoms with Gasteiger partial charge in [-0.2, -0.15) is 13.2 Å². The molecule has 0 bridgehead atoms. The summed E-state index contributed by atoms with van der Waals surface area (Å²) in [5.41, 5.74) is -1.27. The van der Waals surface area contributed by atoms with Gasteiger partial charge in [0.2, 0.25) is 0 Å². The highest BCUT2D eigenvalue weighted by molar-refractivity contribution is 6.31. The van der Waals surface area contributed by atoms with Crippen LogP contribution in [0.25, 0.3) is 5.69 Å². The molecule has 0 aliphatic rings. The highest BCUT2D eigenvalue weighted by Gasteiger charge is 2.37. The molecule has 0 saturated heterocycles. The maximum absolute atomic E-state index is 14.2. The fourth-order valence-electron chi connectivity index (χ4n) is 2.19. The number of rotatable bonds is 3. The van der Waals surface area contributed by atoms with Crippen LogP contribution in [0.1, 0.15) is 11.3 Å². The van der Waals surface area contributed by atoms with Crippen LogP contribution in [0.3, 0.4) is 0 Å². The summed E-state index contributed by atoms with van der Waals surface area (Å²) in [6, 6.07) is -0.375. The molecule has 12 heteroatoms. The molecule has 2 aromatic rings. The molecule has 0 atom stereocenters. The Hall–Kier alpha value is -2.95. The standard InChI is InChI=1S/C14H8ClF4N3O4/c15-7-4-8(16)9(3-6(7)1-2-23)21-11(24)5-10(14(17,18)19)22(12(20)25)13(21)26/h2-5H,1H2,(H2,20,25). The number of alkyl halides is 3. The normalized spacial score (nSPS) is 11.4. The molecule has 0 aliphatic heterocycles. The molecular formula is C14H8ClF4N3O4. The molecule has 1 aromatic heterocycles. The lowest BCUT2D eigenvalue weighted by atomic mass is 10.1. The van der Waals surface area contributed by atoms with Crippen molar-refractivity contribution in [3.63, 3.8) is 0 Å². The number of aromatic nitrogens is 2. The van der Waals surface area contributed by atoms with Gasteiger partial charge in [-0.3, -0.25) is 4.79 Å². The maximum atomic E-state index is 14.2. The third-order valence-corrected chi connectivity index (χ3v) is 3.63. The van der Waals surface area contributed by atoms with Crippen molar-refractivity contribution in [1.29, 1.82) is 0 Å². The fraction of sp³-hybridized carbons (Fsp3) is 0.143. The van der Waals surface area contributed by atoms with Crippen molar-refractivity contribution in [2.45, 2.75) is 12.6 Å². The van der Waals surface area contributed by atoms with E-state index in [-0.39, 0.29) is 27.6 Å². The first-order chi connectivity index (χ1) is 12.0. The monoisotopic (exact) mass is 393 g/mol. The van der Waals surface area contributed by atoms with E-state index in [1.54, 1.807) is 0 Å². The van der Waals surface area contributed by atoms with E-state index < -0.39 is 45.2 Å². The lowest BCUT2D eigenvalue weighted by Gasteiger charge is -2.15. The third-order valence-electron chi connectivity index (χ3n) is 3.27. The molecular weight excluding hydrogens is 386 g/mol. The van der Waals surface area contributed by atoms with E-state index in [9.17, 15) is 36.7 Å². The zero-order valence-electron chi connectivity index (χ0n) is 12.5. The average Bonchev–Trinajstić information content (AvgIpc) is 2.49. The minimum Gasteiger partial charge on any atom is -0.351 e. The van der Waals surface area contributed by atoms with Crippen molar-refractivity contribution in [3.05, 3.63) is 61.1 Å². The summed E-state index contributed by atoms with van der Waals surface area (Å²) in [5, 5.41) is -0.200. The second-order valence-corrected chi connectivity index (χ2v) is 5.33. The van der Waals surface area contributed by atoms with Crippen molar-refractivity contribution in [2.75, 3.05) is 0 Å². The molecule has 26 heavy (non-hydrogen) atoms. The summed E-state index contributed by atoms with van der Waals surface area (Å²) < 4.78 is 52.5. The summed E-state index contributed by atoms with van der Waals surface area (Å²) >= 11 is 5.72. The van der Waals surface area contributed by atoms with E-state index in [4.69, 9.17) is 17.3 Å². The van der Waals surface area contributed by atoms with Gasteiger partial charge in [-0.05, 0) is 17.7 Å². The predicted molar refractivity (Wildman–Crippen MR) is 81.0 cm³/mol. The van der Waals surface area contributed by atoms with Crippen molar-refractivity contribution in [2.24, 2.45) is 5.73 Å². The van der Waals surface area contributed by atoms with Gasteiger partial charge in [-0.25, -0.2) is 23.1 Å². The molecule has 138 valence electrons. The summed E-state index contributed by atoms with van der Waals surface area (Å²) in [5.74, 6) is -1.24. The van der Waals surface area contributed by atoms with E-state index >= 15 is 0 Å². The molecule has 1 heterocycles. The van der Waals surface area contributed by atoms with Crippen molar-refractivity contribution in [1.82, 2.24) is 9.13 Å². The van der Waals surface area contributed by atoms with Crippen molar-refractivity contribution in [3.8, 4) is 5.69 Å². The summed E-state index contributed by atoms with van der Waals surface area (Å²) in [4.78, 5) is 46.2. The van der Waals surface area contributed by atoms with E-state index in [1.165, 1.54) is 0 Å². The number of nitrogens with two attached hydrogens (primary N) is 1. The number of amides is 1. The van der Waals surface area contributed by atoms with Crippen LogP contribution in [-0.2, 0) is 17.4 Å². The number of halogens is 5. The van der Waals surface area contributed by atoms with Gasteiger partial charge in [-0.1, -0.05) is 11.6 Å². The first-order valence-electron chi connectivity index (χ1n) is 6.67. The minimum absolute atomic E-state index is 0.00916. The van der Waals surface area contributed by atoms with Gasteiger partial charge in [0.1, 0.15) is 17.8 Å². The van der Waals surface area contributed by atoms with Crippen molar-refractivity contribution < 1.29 is 27.2 Å². The van der Waals surface area contributed by atoms with E-state index in [0.29, 0.717) is 12.4 Å². The van der Waals surface area contributed by atoms with E-state index in [0.717, 1.165) is 6.07 Å². The Morgan fingerprint density at radius 3 is 2.35 bits per heavy atom. The summed E-state index contributed by atoms with van der Waals surface area (Å²) in [7, 11) is 0. The first-order valence-corrected chi connectivity index (χ1v) is 7.05. The Morgan fingerprint density at radius 1 is 1.23 bits per heavy atom. The molecule has 2 N–H and O–H groups in total. The van der Waals surface area contributed by atoms with Crippen LogP contribution in [0, 0.1) is 5.82 Å². The van der Waals surface area contributed by atoms with Crippen LogP contribution in [0.15, 0.2) is 27.8 Å². The largest absolute Gasteiger partial charge is 0.432 e. The Morgan fingerprint density at radius 2 is 1.85 bits per heavy atom. The lowest BCUT2D eigenvalue weighted by molar-refractivity contribution is -0.143. The fourth-order valence-corrected chi connectivity index (χ4v) is 2.41. The molecule has 1 amide bonds. The van der Waals surface area contributed by atoms with Gasteiger partial charge in [0.25, 0.3) is 5.56 Å². The minimum atomic E-state index is -5.24. The van der Waals surface area contributed by atoms with Crippen LogP contribution >= 0.6 is 11.6 Å². The van der Waals surface area contributed by atoms with E-state index in [1.807, 2.05) is 0 Å². The topological polar surface area (TPSA) is 104 Å². The van der Waals surface area contributed by atoms with Crippen LogP contribution < -0.4 is 17.0 Å². The van der Waals surface area contributed by atoms with E-state index in [2.05, 4.69) is 0 Å². The third kappa shape index (κ3) is 3.38. The van der Waals surface area contributed by atoms with Gasteiger partial charge >= 0.3 is 17.9 Å². The predicted octanol–water partition coefficient (Wildman–Crippen LogP) is 1.48. The highest BCUT2D eigenvalue weighted by Crippen LogP contribution is 2.28. The summed E-state index contributed by atoms with van der Waals surface area (Å²) in [6.45, 7) is 0. The second kappa shape index (κ2) is 6.75. The van der Waals surface area contributed by atoms with Gasteiger partial charge in [0, 0.05) is 17.5 Å². The van der Waals surface area contributed by atoms with Crippen LogP contribution in [-0.4, -0.2) is 21.5 Å². The molecule has 0 spiro atoms. The maximum Gasteiger partial charge on any atom is 0.432 e. The number of hydrogen-bond donors (Lipinski definition) is 1. The second-order valence-electron chi connectivity index (χ2n) is 4.92. The molecule has 0 fully saturated rings. The number of benzene rings is 1. The number of hydrogen-bond acceptors (Lipinski definition) is 4. The smallest absolute Gasteiger partial charge is 0.351 e. The Bertz CT molecular complexity index is 1030. The first kappa shape index (κ1) is 19.4. The Kier molecular flexibility index (Phi) is 5.03. The molecule has 2 rings (SSSR count). The molecule has 0 radical (unpaired) electrons. The van der Waals surface area contributed by atoms with Gasteiger partial charge in [0.15, 0.2) is 0 Å². The number of carbonyl (C=O) groups is 2. The Labute approximate surface area is 146 Å². The average molecular weight is 394 g/mol. The van der Waals surface area contributed by atoms with Crippen molar-refractivity contribution >= 4 is 23.9 Å². The van der Waals surface area contributed by atoms with Crippen LogP contribution in [0.4, 0.5) is 22.4 Å². The van der Waals surface area contributed by atoms with Crippen LogP contribution in [0.2, 0.25) is 5.02 Å². The van der Waals surface area contributed by atoms with Gasteiger partial charge in [0.05, 0.1) is 5.69 Å². The molecule has 0 saturated carbocycles. The number of primary amides is 1. The number of nitrogens with zero attached hydrogens (tertiary/aromatic N) is 2. The van der Waals surface area contributed by atoms with Gasteiger partial charge in [-0.15, -0.1) is 0 Å². The number of carbonyl (C=O) groups excluding carboxylic acids is 2. The molecule has 0 aliphatic carbocycles. The zero-order valence-corrected chi connectivity index (χ0v) is 13.3. The zero-order chi connectivity index (χ0) is 19.8. The SMILES string of the molecule is NC(=O)n1c(C(F)(F)F)cc(=O)n(-c2cc(CC=O)c(Cl)cc2F)c1=O. The number of aldehydes is 1. The highest BCUT2D eigenvalue weighted by atomic mass is 35.5. The molecule has 1 aromatic carbocycles. The quantitative estimate of drug-likeness (QED) is 0.630. The molecule has 0 unspecified atom stereocenters. The van der Waals surface area contributed by atoms with Crippen LogP contribution in [0.5, 0.6) is 0 Å². The van der Waals surface area contributed by atoms with Gasteiger partial charge < -0.3 is 10.5 Å². The lowest BCUT2D eigenvalue weighted by Crippen LogP contribution is -2.46. The molecule has 7 nitrogen and oxygen atoms in total. The Balaban J connectivity index is 2.93.